The molecule has 0 fully saturated rings. The Bertz CT molecular complexity index is 1080. The second-order valence-corrected chi connectivity index (χ2v) is 6.60. The van der Waals surface area contributed by atoms with E-state index in [1.54, 1.807) is 19.1 Å². The quantitative estimate of drug-likeness (QED) is 0.449. The van der Waals surface area contributed by atoms with E-state index in [1.807, 2.05) is 0 Å². The highest BCUT2D eigenvalue weighted by Gasteiger charge is 2.20. The normalized spacial score (nSPS) is 10.9. The van der Waals surface area contributed by atoms with Gasteiger partial charge in [-0.05, 0) is 24.6 Å². The fourth-order valence-electron chi connectivity index (χ4n) is 2.23. The zero-order valence-electron chi connectivity index (χ0n) is 12.5. The van der Waals surface area contributed by atoms with Crippen molar-refractivity contribution >= 4 is 69.0 Å². The standard InChI is InChI=1S/C16H8Cl4N2O3/c1-6-4-10(23)25-9-5-7(2-3-8(6)9)21-16(24)14-12(18)11(17)13(19)15(20)22-14/h2-5H,1H3,(H,21,24). The van der Waals surface area contributed by atoms with Crippen molar-refractivity contribution in [3.63, 3.8) is 0 Å². The molecule has 0 spiro atoms. The summed E-state index contributed by atoms with van der Waals surface area (Å²) in [5.41, 5.74) is 0.840. The van der Waals surface area contributed by atoms with Crippen molar-refractivity contribution in [2.75, 3.05) is 5.32 Å². The van der Waals surface area contributed by atoms with Crippen LogP contribution in [0.2, 0.25) is 20.2 Å². The van der Waals surface area contributed by atoms with Gasteiger partial charge in [-0.3, -0.25) is 4.79 Å². The van der Waals surface area contributed by atoms with E-state index >= 15 is 0 Å². The summed E-state index contributed by atoms with van der Waals surface area (Å²) in [6.45, 7) is 1.79. The van der Waals surface area contributed by atoms with Crippen LogP contribution in [0.5, 0.6) is 0 Å². The molecule has 1 aromatic carbocycles. The number of halogens is 4. The molecule has 3 rings (SSSR count). The minimum absolute atomic E-state index is 0.0344. The van der Waals surface area contributed by atoms with E-state index < -0.39 is 11.5 Å². The number of hydrogen-bond donors (Lipinski definition) is 1. The fraction of sp³-hybridized carbons (Fsp3) is 0.0625. The third-order valence-corrected chi connectivity index (χ3v) is 5.09. The van der Waals surface area contributed by atoms with E-state index in [0.717, 1.165) is 10.9 Å². The summed E-state index contributed by atoms with van der Waals surface area (Å²) in [6, 6.07) is 6.29. The predicted molar refractivity (Wildman–Crippen MR) is 99.5 cm³/mol. The Morgan fingerprint density at radius 3 is 2.52 bits per heavy atom. The smallest absolute Gasteiger partial charge is 0.336 e. The van der Waals surface area contributed by atoms with E-state index in [9.17, 15) is 9.59 Å². The first-order chi connectivity index (χ1) is 11.8. The zero-order valence-corrected chi connectivity index (χ0v) is 15.5. The van der Waals surface area contributed by atoms with Gasteiger partial charge in [-0.15, -0.1) is 0 Å². The number of carbonyl (C=O) groups excluding carboxylic acids is 1. The van der Waals surface area contributed by atoms with Crippen molar-refractivity contribution in [2.24, 2.45) is 0 Å². The highest BCUT2D eigenvalue weighted by molar-refractivity contribution is 6.52. The lowest BCUT2D eigenvalue weighted by atomic mass is 10.1. The van der Waals surface area contributed by atoms with E-state index in [4.69, 9.17) is 50.8 Å². The number of anilines is 1. The molecule has 0 aliphatic rings. The van der Waals surface area contributed by atoms with Crippen LogP contribution in [0.25, 0.3) is 11.0 Å². The molecule has 0 aliphatic heterocycles. The number of fused-ring (bicyclic) bond motifs is 1. The Morgan fingerprint density at radius 2 is 1.80 bits per heavy atom. The summed E-state index contributed by atoms with van der Waals surface area (Å²) in [5.74, 6) is -0.639. The van der Waals surface area contributed by atoms with Gasteiger partial charge in [0.05, 0.1) is 15.1 Å². The summed E-state index contributed by atoms with van der Waals surface area (Å²) < 4.78 is 5.14. The van der Waals surface area contributed by atoms with Crippen LogP contribution < -0.4 is 10.9 Å². The first-order valence-electron chi connectivity index (χ1n) is 6.84. The average molecular weight is 418 g/mol. The lowest BCUT2D eigenvalue weighted by Crippen LogP contribution is -2.15. The summed E-state index contributed by atoms with van der Waals surface area (Å²) in [5, 5.41) is 3.00. The first kappa shape index (κ1) is 18.0. The molecular formula is C16H8Cl4N2O3. The van der Waals surface area contributed by atoms with Gasteiger partial charge >= 0.3 is 5.63 Å². The molecule has 0 bridgehead atoms. The minimum atomic E-state index is -0.639. The average Bonchev–Trinajstić information content (AvgIpc) is 2.55. The summed E-state index contributed by atoms with van der Waals surface area (Å²) in [4.78, 5) is 27.7. The van der Waals surface area contributed by atoms with Crippen molar-refractivity contribution in [3.8, 4) is 0 Å². The lowest BCUT2D eigenvalue weighted by Gasteiger charge is -2.09. The Hall–Kier alpha value is -1.79. The number of amides is 1. The van der Waals surface area contributed by atoms with Gasteiger partial charge in [0.25, 0.3) is 5.91 Å². The summed E-state index contributed by atoms with van der Waals surface area (Å²) in [7, 11) is 0. The second kappa shape index (κ2) is 6.84. The lowest BCUT2D eigenvalue weighted by molar-refractivity contribution is 0.102. The number of nitrogens with one attached hydrogen (secondary N) is 1. The monoisotopic (exact) mass is 416 g/mol. The molecule has 0 saturated heterocycles. The van der Waals surface area contributed by atoms with Gasteiger partial charge in [-0.25, -0.2) is 9.78 Å². The van der Waals surface area contributed by atoms with E-state index in [-0.39, 0.29) is 25.9 Å². The Morgan fingerprint density at radius 1 is 1.08 bits per heavy atom. The molecule has 5 nitrogen and oxygen atoms in total. The third-order valence-electron chi connectivity index (χ3n) is 3.41. The summed E-state index contributed by atoms with van der Waals surface area (Å²) >= 11 is 23.6. The van der Waals surface area contributed by atoms with Crippen molar-refractivity contribution in [3.05, 3.63) is 66.2 Å². The van der Waals surface area contributed by atoms with Crippen LogP contribution in [0.1, 0.15) is 16.1 Å². The number of hydrogen-bond acceptors (Lipinski definition) is 4. The molecule has 9 heteroatoms. The Balaban J connectivity index is 1.99. The van der Waals surface area contributed by atoms with Gasteiger partial charge in [0.15, 0.2) is 0 Å². The third kappa shape index (κ3) is 3.46. The van der Waals surface area contributed by atoms with Crippen LogP contribution in [0, 0.1) is 6.92 Å². The molecule has 0 atom stereocenters. The number of benzene rings is 1. The number of carbonyl (C=O) groups is 1. The van der Waals surface area contributed by atoms with E-state index in [1.165, 1.54) is 12.1 Å². The van der Waals surface area contributed by atoms with Gasteiger partial charge < -0.3 is 9.73 Å². The molecule has 3 aromatic rings. The molecule has 2 aromatic heterocycles. The van der Waals surface area contributed by atoms with Crippen LogP contribution in [-0.4, -0.2) is 10.9 Å². The van der Waals surface area contributed by atoms with Crippen molar-refractivity contribution < 1.29 is 9.21 Å². The molecule has 1 N–H and O–H groups in total. The number of nitrogens with zero attached hydrogens (tertiary/aromatic N) is 1. The van der Waals surface area contributed by atoms with E-state index in [2.05, 4.69) is 10.3 Å². The SMILES string of the molecule is Cc1cc(=O)oc2cc(NC(=O)c3nc(Cl)c(Cl)c(Cl)c3Cl)ccc12. The highest BCUT2D eigenvalue weighted by atomic mass is 35.5. The maximum Gasteiger partial charge on any atom is 0.336 e. The van der Waals surface area contributed by atoms with Gasteiger partial charge in [-0.2, -0.15) is 0 Å². The van der Waals surface area contributed by atoms with Crippen molar-refractivity contribution in [1.29, 1.82) is 0 Å². The number of pyridine rings is 1. The number of aromatic nitrogens is 1. The summed E-state index contributed by atoms with van der Waals surface area (Å²) in [6.07, 6.45) is 0. The molecule has 0 unspecified atom stereocenters. The maximum absolute atomic E-state index is 12.4. The van der Waals surface area contributed by atoms with Crippen molar-refractivity contribution in [2.45, 2.75) is 6.92 Å². The Labute approximate surface area is 161 Å². The topological polar surface area (TPSA) is 72.2 Å². The molecular weight excluding hydrogens is 410 g/mol. The molecule has 25 heavy (non-hydrogen) atoms. The molecule has 0 aliphatic carbocycles. The molecule has 0 radical (unpaired) electrons. The second-order valence-electron chi connectivity index (χ2n) is 5.11. The highest BCUT2D eigenvalue weighted by Crippen LogP contribution is 2.36. The molecule has 2 heterocycles. The van der Waals surface area contributed by atoms with Gasteiger partial charge in [0, 0.05) is 23.2 Å². The van der Waals surface area contributed by atoms with Gasteiger partial charge in [0.2, 0.25) is 0 Å². The maximum atomic E-state index is 12.4. The van der Waals surface area contributed by atoms with Crippen LogP contribution in [0.3, 0.4) is 0 Å². The molecule has 128 valence electrons. The predicted octanol–water partition coefficient (Wildman–Crippen LogP) is 5.36. The fourth-order valence-corrected chi connectivity index (χ4v) is 3.04. The largest absolute Gasteiger partial charge is 0.423 e. The van der Waals surface area contributed by atoms with Gasteiger partial charge in [0.1, 0.15) is 16.4 Å². The van der Waals surface area contributed by atoms with Crippen LogP contribution in [0.15, 0.2) is 33.5 Å². The van der Waals surface area contributed by atoms with Gasteiger partial charge in [-0.1, -0.05) is 46.4 Å². The Kier molecular flexibility index (Phi) is 4.93. The van der Waals surface area contributed by atoms with E-state index in [0.29, 0.717) is 11.3 Å². The molecule has 0 saturated carbocycles. The number of aryl methyl sites for hydroxylation is 1. The van der Waals surface area contributed by atoms with Crippen molar-refractivity contribution in [1.82, 2.24) is 4.98 Å². The minimum Gasteiger partial charge on any atom is -0.423 e. The van der Waals surface area contributed by atoms with Crippen LogP contribution in [0.4, 0.5) is 5.69 Å². The van der Waals surface area contributed by atoms with Crippen LogP contribution >= 0.6 is 46.4 Å². The first-order valence-corrected chi connectivity index (χ1v) is 8.35. The molecule has 1 amide bonds. The van der Waals surface area contributed by atoms with Crippen LogP contribution in [-0.2, 0) is 0 Å². The number of rotatable bonds is 2. The zero-order chi connectivity index (χ0) is 18.3.